The predicted octanol–water partition coefficient (Wildman–Crippen LogP) is 0.897. The maximum atomic E-state index is 14.9. The van der Waals surface area contributed by atoms with Crippen LogP contribution in [0.15, 0.2) is 11.6 Å². The summed E-state index contributed by atoms with van der Waals surface area (Å²) in [6.45, 7) is 13.6. The summed E-state index contributed by atoms with van der Waals surface area (Å²) in [4.78, 5) is 14.9. The van der Waals surface area contributed by atoms with Gasteiger partial charge in [-0.25, -0.2) is 0 Å². The lowest BCUT2D eigenvalue weighted by atomic mass is 9.33. The van der Waals surface area contributed by atoms with Gasteiger partial charge in [0.2, 0.25) is 6.29 Å². The van der Waals surface area contributed by atoms with Gasteiger partial charge in [0, 0.05) is 11.3 Å². The highest BCUT2D eigenvalue weighted by Gasteiger charge is 2.72. The molecule has 0 bridgehead atoms. The van der Waals surface area contributed by atoms with E-state index in [1.165, 1.54) is 6.92 Å². The average Bonchev–Trinajstić information content (AvgIpc) is 3.11. The van der Waals surface area contributed by atoms with E-state index in [0.717, 1.165) is 12.0 Å². The molecule has 7 aliphatic rings. The van der Waals surface area contributed by atoms with Gasteiger partial charge in [-0.05, 0) is 91.8 Å². The molecule has 4 saturated carbocycles. The fraction of sp³-hybridized carbons (Fsp3) is 0.927. The Morgan fingerprint density at radius 3 is 2.15 bits per heavy atom. The molecule has 0 unspecified atom stereocenters. The van der Waals surface area contributed by atoms with Crippen molar-refractivity contribution in [2.24, 2.45) is 50.2 Å². The number of hydrogen-bond donors (Lipinski definition) is 9. The van der Waals surface area contributed by atoms with Crippen molar-refractivity contribution in [3.05, 3.63) is 11.6 Å². The fourth-order valence-corrected chi connectivity index (χ4v) is 13.4. The molecule has 314 valence electrons. The molecule has 55 heavy (non-hydrogen) atoms. The first-order chi connectivity index (χ1) is 25.5. The summed E-state index contributed by atoms with van der Waals surface area (Å²) in [5.41, 5.74) is -2.52. The highest BCUT2D eigenvalue weighted by atomic mass is 16.8. The second-order valence-corrected chi connectivity index (χ2v) is 20.4. The molecular weight excluding hydrogens is 716 g/mol. The zero-order chi connectivity index (χ0) is 40.4. The van der Waals surface area contributed by atoms with Crippen molar-refractivity contribution in [3.63, 3.8) is 0 Å². The Labute approximate surface area is 323 Å². The predicted molar refractivity (Wildman–Crippen MR) is 194 cm³/mol. The zero-order valence-corrected chi connectivity index (χ0v) is 33.4. The minimum absolute atomic E-state index is 0.00685. The van der Waals surface area contributed by atoms with Crippen molar-refractivity contribution < 1.29 is 69.7 Å². The molecule has 14 heteroatoms. The molecule has 0 aromatic carbocycles. The van der Waals surface area contributed by atoms with Crippen LogP contribution in [0.2, 0.25) is 0 Å². The van der Waals surface area contributed by atoms with Gasteiger partial charge in [0.15, 0.2) is 12.4 Å². The smallest absolute Gasteiger partial charge is 0.315 e. The van der Waals surface area contributed by atoms with Gasteiger partial charge < -0.3 is 64.9 Å². The molecule has 14 nitrogen and oxygen atoms in total. The summed E-state index contributed by atoms with van der Waals surface area (Å²) >= 11 is 0. The third-order valence-corrected chi connectivity index (χ3v) is 16.8. The van der Waals surface area contributed by atoms with Crippen LogP contribution in [-0.4, -0.2) is 139 Å². The van der Waals surface area contributed by atoms with E-state index in [4.69, 9.17) is 18.9 Å². The zero-order valence-electron chi connectivity index (χ0n) is 33.4. The van der Waals surface area contributed by atoms with E-state index in [2.05, 4.69) is 40.7 Å². The monoisotopic (exact) mass is 782 g/mol. The Morgan fingerprint density at radius 1 is 0.800 bits per heavy atom. The van der Waals surface area contributed by atoms with Crippen molar-refractivity contribution in [3.8, 4) is 0 Å². The summed E-state index contributed by atoms with van der Waals surface area (Å²) in [5.74, 6) is -1.18. The van der Waals surface area contributed by atoms with Crippen molar-refractivity contribution in [1.29, 1.82) is 0 Å². The standard InChI is InChI=1S/C41H66O14/c1-19-26(46)28(48)29(49)33(53-19)54-30-27(47)24(45)17-52-34(30)55-35(51)41-12-10-36(2,3)14-21(41)20-8-9-25-37(4)15-23(44)32(50)38(5,18-42)31(37)22(43)16-40(25,7)39(20,6)11-13-41/h8,19,21-34,42-50H,9-18H2,1-7H3/t19-,21-,22+,23-,24+,25+,26-,27+,28+,29+,30+,31+,32-,33-,34-,37+,38-,39+,40+,41-/m0/s1. The van der Waals surface area contributed by atoms with Gasteiger partial charge in [0.05, 0.1) is 43.0 Å². The van der Waals surface area contributed by atoms with E-state index in [9.17, 15) is 50.8 Å². The lowest BCUT2D eigenvalue weighted by Crippen LogP contribution is -2.71. The molecule has 5 aliphatic carbocycles. The number of ether oxygens (including phenoxy) is 4. The normalized spacial score (nSPS) is 56.2. The molecule has 0 aromatic heterocycles. The number of allylic oxidation sites excluding steroid dienone is 2. The second-order valence-electron chi connectivity index (χ2n) is 20.4. The minimum atomic E-state index is -1.70. The van der Waals surface area contributed by atoms with Crippen molar-refractivity contribution in [1.82, 2.24) is 0 Å². The molecule has 0 radical (unpaired) electrons. The first kappa shape index (κ1) is 41.9. The van der Waals surface area contributed by atoms with Crippen LogP contribution in [0.5, 0.6) is 0 Å². The first-order valence-corrected chi connectivity index (χ1v) is 20.4. The van der Waals surface area contributed by atoms with E-state index < -0.39 is 113 Å². The summed E-state index contributed by atoms with van der Waals surface area (Å²) in [6.07, 6.45) is -9.46. The van der Waals surface area contributed by atoms with Crippen LogP contribution in [0.3, 0.4) is 0 Å². The number of fused-ring (bicyclic) bond motifs is 7. The van der Waals surface area contributed by atoms with Crippen molar-refractivity contribution in [2.75, 3.05) is 13.2 Å². The number of carbonyl (C=O) groups excluding carboxylic acids is 1. The Hall–Kier alpha value is -1.27. The van der Waals surface area contributed by atoms with Gasteiger partial charge in [-0.1, -0.05) is 53.2 Å². The van der Waals surface area contributed by atoms with Crippen LogP contribution in [0.4, 0.5) is 0 Å². The molecule has 9 N–H and O–H groups in total. The van der Waals surface area contributed by atoms with Crippen LogP contribution in [0.1, 0.15) is 99.8 Å². The number of rotatable bonds is 5. The highest BCUT2D eigenvalue weighted by molar-refractivity contribution is 5.79. The third-order valence-electron chi connectivity index (χ3n) is 16.8. The molecule has 2 aliphatic heterocycles. The Balaban J connectivity index is 1.21. The van der Waals surface area contributed by atoms with Gasteiger partial charge in [0.25, 0.3) is 0 Å². The molecule has 7 rings (SSSR count). The second kappa shape index (κ2) is 13.9. The number of carbonyl (C=O) groups is 1. The molecule has 0 amide bonds. The van der Waals surface area contributed by atoms with Gasteiger partial charge in [0.1, 0.15) is 30.5 Å². The summed E-state index contributed by atoms with van der Waals surface area (Å²) in [6, 6.07) is 0. The average molecular weight is 783 g/mol. The first-order valence-electron chi connectivity index (χ1n) is 20.4. The van der Waals surface area contributed by atoms with E-state index in [-0.39, 0.29) is 30.5 Å². The number of hydrogen-bond acceptors (Lipinski definition) is 14. The van der Waals surface area contributed by atoms with Crippen molar-refractivity contribution in [2.45, 2.75) is 173 Å². The van der Waals surface area contributed by atoms with E-state index in [1.54, 1.807) is 6.92 Å². The SMILES string of the molecule is C[C@@H]1O[C@@H](O[C@H]2[C@H](OC(=O)[C@]34CCC(C)(C)C[C@H]3C3=CC[C@@H]5[C@@]6(C)C[C@H](O)[C@H](O)[C@@](C)(CO)[C@@H]6[C@H](O)C[C@@]5(C)[C@]3(C)CC4)OC[C@@H](O)[C@H]2O)[C@H](O)[C@H](O)[C@H]1O. The van der Waals surface area contributed by atoms with Crippen LogP contribution in [0, 0.1) is 50.2 Å². The molecule has 0 aromatic rings. The molecule has 20 atom stereocenters. The Morgan fingerprint density at radius 2 is 1.47 bits per heavy atom. The molecular formula is C41H66O14. The molecule has 2 saturated heterocycles. The Kier molecular flexibility index (Phi) is 10.6. The van der Waals surface area contributed by atoms with Crippen molar-refractivity contribution >= 4 is 5.97 Å². The Bertz CT molecular complexity index is 1510. The van der Waals surface area contributed by atoms with E-state index >= 15 is 0 Å². The lowest BCUT2D eigenvalue weighted by molar-refractivity contribution is -0.350. The third kappa shape index (κ3) is 6.05. The number of aliphatic hydroxyl groups is 9. The van der Waals surface area contributed by atoms with Crippen LogP contribution in [0.25, 0.3) is 0 Å². The topological polar surface area (TPSA) is 236 Å². The van der Waals surface area contributed by atoms with Gasteiger partial charge in [-0.2, -0.15) is 0 Å². The summed E-state index contributed by atoms with van der Waals surface area (Å²) in [5, 5.41) is 98.0. The van der Waals surface area contributed by atoms with Gasteiger partial charge >= 0.3 is 5.97 Å². The van der Waals surface area contributed by atoms with Crippen LogP contribution >= 0.6 is 0 Å². The van der Waals surface area contributed by atoms with E-state index in [0.29, 0.717) is 44.9 Å². The summed E-state index contributed by atoms with van der Waals surface area (Å²) < 4.78 is 23.5. The number of aliphatic hydroxyl groups excluding tert-OH is 9. The molecule has 2 heterocycles. The lowest BCUT2D eigenvalue weighted by Gasteiger charge is -2.72. The molecule has 0 spiro atoms. The minimum Gasteiger partial charge on any atom is -0.432 e. The number of esters is 1. The van der Waals surface area contributed by atoms with Gasteiger partial charge in [-0.15, -0.1) is 0 Å². The fourth-order valence-electron chi connectivity index (χ4n) is 13.4. The molecule has 6 fully saturated rings. The largest absolute Gasteiger partial charge is 0.432 e. The van der Waals surface area contributed by atoms with Crippen LogP contribution in [-0.2, 0) is 23.7 Å². The highest BCUT2D eigenvalue weighted by Crippen LogP contribution is 2.76. The quantitative estimate of drug-likeness (QED) is 0.139. The summed E-state index contributed by atoms with van der Waals surface area (Å²) in [7, 11) is 0. The maximum absolute atomic E-state index is 14.9. The maximum Gasteiger partial charge on any atom is 0.315 e. The van der Waals surface area contributed by atoms with Crippen LogP contribution < -0.4 is 0 Å². The van der Waals surface area contributed by atoms with Gasteiger partial charge in [-0.3, -0.25) is 4.79 Å². The van der Waals surface area contributed by atoms with E-state index in [1.807, 2.05) is 0 Å².